The SMILES string of the molecule is COc1nc(C(F)F)cc(Cl)c1C(F)(F)F. The number of halogens is 6. The maximum absolute atomic E-state index is 12.4. The molecule has 1 aromatic rings. The Morgan fingerprint density at radius 1 is 1.38 bits per heavy atom. The number of alkyl halides is 5. The molecule has 0 aromatic carbocycles. The van der Waals surface area contributed by atoms with E-state index >= 15 is 0 Å². The molecule has 0 N–H and O–H groups in total. The smallest absolute Gasteiger partial charge is 0.423 e. The van der Waals surface area contributed by atoms with Crippen LogP contribution in [0.5, 0.6) is 5.88 Å². The summed E-state index contributed by atoms with van der Waals surface area (Å²) in [4.78, 5) is 3.04. The van der Waals surface area contributed by atoms with E-state index in [1.807, 2.05) is 0 Å². The quantitative estimate of drug-likeness (QED) is 0.757. The van der Waals surface area contributed by atoms with Gasteiger partial charge in [-0.1, -0.05) is 11.6 Å². The molecule has 0 bridgehead atoms. The number of nitrogens with zero attached hydrogens (tertiary/aromatic N) is 1. The highest BCUT2D eigenvalue weighted by atomic mass is 35.5. The summed E-state index contributed by atoms with van der Waals surface area (Å²) >= 11 is 5.27. The van der Waals surface area contributed by atoms with Crippen molar-refractivity contribution in [3.8, 4) is 5.88 Å². The molecule has 0 atom stereocenters. The summed E-state index contributed by atoms with van der Waals surface area (Å²) in [5.74, 6) is -0.963. The van der Waals surface area contributed by atoms with E-state index in [0.717, 1.165) is 7.11 Å². The lowest BCUT2D eigenvalue weighted by molar-refractivity contribution is -0.139. The Bertz CT molecular complexity index is 393. The Hall–Kier alpha value is -1.11. The molecule has 0 aliphatic heterocycles. The van der Waals surface area contributed by atoms with Crippen molar-refractivity contribution in [3.05, 3.63) is 22.3 Å². The molecule has 0 aliphatic carbocycles. The number of hydrogen-bond acceptors (Lipinski definition) is 2. The average molecular weight is 262 g/mol. The number of pyridine rings is 1. The van der Waals surface area contributed by atoms with Gasteiger partial charge in [-0.25, -0.2) is 13.8 Å². The Labute approximate surface area is 92.0 Å². The lowest BCUT2D eigenvalue weighted by Gasteiger charge is -2.13. The first-order valence-electron chi connectivity index (χ1n) is 3.87. The van der Waals surface area contributed by atoms with Gasteiger partial charge >= 0.3 is 6.18 Å². The van der Waals surface area contributed by atoms with Crippen LogP contribution in [0.4, 0.5) is 22.0 Å². The third kappa shape index (κ3) is 2.52. The molecule has 0 spiro atoms. The third-order valence-corrected chi connectivity index (χ3v) is 1.96. The zero-order valence-corrected chi connectivity index (χ0v) is 8.53. The zero-order valence-electron chi connectivity index (χ0n) is 7.78. The normalized spacial score (nSPS) is 12.0. The minimum absolute atomic E-state index is 0.470. The van der Waals surface area contributed by atoms with Crippen molar-refractivity contribution in [3.63, 3.8) is 0 Å². The fourth-order valence-corrected chi connectivity index (χ4v) is 1.33. The van der Waals surface area contributed by atoms with Gasteiger partial charge in [-0.05, 0) is 6.07 Å². The highest BCUT2D eigenvalue weighted by molar-refractivity contribution is 6.31. The van der Waals surface area contributed by atoms with Crippen molar-refractivity contribution in [1.82, 2.24) is 4.98 Å². The standard InChI is InChI=1S/C8H5ClF5NO/c1-16-7-5(8(12,13)14)3(9)2-4(15-7)6(10)11/h2,6H,1H3. The number of ether oxygens (including phenoxy) is 1. The summed E-state index contributed by atoms with van der Waals surface area (Å²) in [7, 11) is 0.892. The van der Waals surface area contributed by atoms with E-state index in [1.54, 1.807) is 0 Å². The topological polar surface area (TPSA) is 22.1 Å². The summed E-state index contributed by atoms with van der Waals surface area (Å²) in [6.07, 6.45) is -7.83. The van der Waals surface area contributed by atoms with Crippen LogP contribution < -0.4 is 4.74 Å². The van der Waals surface area contributed by atoms with Crippen molar-refractivity contribution in [2.45, 2.75) is 12.6 Å². The van der Waals surface area contributed by atoms with E-state index in [4.69, 9.17) is 11.6 Å². The number of aromatic nitrogens is 1. The fourth-order valence-electron chi connectivity index (χ4n) is 1.03. The largest absolute Gasteiger partial charge is 0.481 e. The third-order valence-electron chi connectivity index (χ3n) is 1.66. The summed E-state index contributed by atoms with van der Waals surface area (Å²) in [5, 5.41) is -0.866. The highest BCUT2D eigenvalue weighted by Crippen LogP contribution is 2.41. The van der Waals surface area contributed by atoms with Gasteiger partial charge in [-0.3, -0.25) is 0 Å². The molecular formula is C8H5ClF5NO. The zero-order chi connectivity index (χ0) is 12.5. The first-order chi connectivity index (χ1) is 7.27. The second-order valence-corrected chi connectivity index (χ2v) is 3.12. The van der Waals surface area contributed by atoms with Crippen LogP contribution in [-0.4, -0.2) is 12.1 Å². The monoisotopic (exact) mass is 261 g/mol. The summed E-state index contributed by atoms with van der Waals surface area (Å²) in [5.41, 5.74) is -2.23. The van der Waals surface area contributed by atoms with E-state index in [2.05, 4.69) is 9.72 Å². The molecule has 0 radical (unpaired) electrons. The minimum atomic E-state index is -4.81. The van der Waals surface area contributed by atoms with Crippen LogP contribution in [0.15, 0.2) is 6.07 Å². The molecule has 1 rings (SSSR count). The fraction of sp³-hybridized carbons (Fsp3) is 0.375. The summed E-state index contributed by atoms with van der Waals surface area (Å²) in [6.45, 7) is 0. The van der Waals surface area contributed by atoms with Gasteiger partial charge in [0.2, 0.25) is 5.88 Å². The highest BCUT2D eigenvalue weighted by Gasteiger charge is 2.38. The molecule has 8 heteroatoms. The van der Waals surface area contributed by atoms with Gasteiger partial charge in [-0.15, -0.1) is 0 Å². The molecule has 1 aromatic heterocycles. The van der Waals surface area contributed by atoms with Crippen molar-refractivity contribution in [1.29, 1.82) is 0 Å². The summed E-state index contributed by atoms with van der Waals surface area (Å²) in [6, 6.07) is 0.470. The van der Waals surface area contributed by atoms with Crippen LogP contribution in [0.25, 0.3) is 0 Å². The van der Waals surface area contributed by atoms with E-state index in [0.29, 0.717) is 6.07 Å². The lowest BCUT2D eigenvalue weighted by atomic mass is 10.2. The van der Waals surface area contributed by atoms with E-state index in [9.17, 15) is 22.0 Å². The van der Waals surface area contributed by atoms with Crippen LogP contribution in [0.3, 0.4) is 0 Å². The molecule has 16 heavy (non-hydrogen) atoms. The molecule has 0 fully saturated rings. The van der Waals surface area contributed by atoms with Gasteiger partial charge in [0.1, 0.15) is 11.3 Å². The second kappa shape index (κ2) is 4.40. The van der Waals surface area contributed by atoms with E-state index in [-0.39, 0.29) is 0 Å². The molecule has 0 aliphatic rings. The van der Waals surface area contributed by atoms with E-state index < -0.39 is 34.8 Å². The minimum Gasteiger partial charge on any atom is -0.481 e. The molecule has 0 saturated carbocycles. The molecule has 90 valence electrons. The molecular weight excluding hydrogens is 257 g/mol. The van der Waals surface area contributed by atoms with Crippen LogP contribution in [0, 0.1) is 0 Å². The van der Waals surface area contributed by atoms with Crippen molar-refractivity contribution >= 4 is 11.6 Å². The molecule has 0 unspecified atom stereocenters. The van der Waals surface area contributed by atoms with Gasteiger partial charge in [-0.2, -0.15) is 13.2 Å². The molecule has 1 heterocycles. The van der Waals surface area contributed by atoms with Crippen molar-refractivity contribution < 1.29 is 26.7 Å². The van der Waals surface area contributed by atoms with Crippen LogP contribution in [0.1, 0.15) is 17.7 Å². The van der Waals surface area contributed by atoms with Crippen molar-refractivity contribution in [2.24, 2.45) is 0 Å². The number of methoxy groups -OCH3 is 1. The van der Waals surface area contributed by atoms with Gasteiger partial charge in [0.15, 0.2) is 0 Å². The maximum atomic E-state index is 12.4. The maximum Gasteiger partial charge on any atom is 0.423 e. The number of hydrogen-bond donors (Lipinski definition) is 0. The predicted octanol–water partition coefficient (Wildman–Crippen LogP) is 3.70. The first-order valence-corrected chi connectivity index (χ1v) is 4.25. The van der Waals surface area contributed by atoms with Gasteiger partial charge in [0, 0.05) is 0 Å². The van der Waals surface area contributed by atoms with Crippen LogP contribution in [-0.2, 0) is 6.18 Å². The molecule has 0 amide bonds. The lowest BCUT2D eigenvalue weighted by Crippen LogP contribution is -2.11. The Morgan fingerprint density at radius 2 is 1.94 bits per heavy atom. The predicted molar refractivity (Wildman–Crippen MR) is 45.8 cm³/mol. The van der Waals surface area contributed by atoms with Crippen LogP contribution in [0.2, 0.25) is 5.02 Å². The van der Waals surface area contributed by atoms with Gasteiger partial charge in [0.05, 0.1) is 12.1 Å². The van der Waals surface area contributed by atoms with Crippen molar-refractivity contribution in [2.75, 3.05) is 7.11 Å². The second-order valence-electron chi connectivity index (χ2n) is 2.71. The van der Waals surface area contributed by atoms with Gasteiger partial charge < -0.3 is 4.74 Å². The Kier molecular flexibility index (Phi) is 3.57. The Balaban J connectivity index is 3.41. The molecule has 0 saturated heterocycles. The molecule has 2 nitrogen and oxygen atoms in total. The van der Waals surface area contributed by atoms with Crippen LogP contribution >= 0.6 is 11.6 Å². The van der Waals surface area contributed by atoms with E-state index in [1.165, 1.54) is 0 Å². The summed E-state index contributed by atoms with van der Waals surface area (Å²) < 4.78 is 66.1. The average Bonchev–Trinajstić information content (AvgIpc) is 2.14. The number of rotatable bonds is 2. The Morgan fingerprint density at radius 3 is 2.31 bits per heavy atom. The first kappa shape index (κ1) is 13.0. The van der Waals surface area contributed by atoms with Gasteiger partial charge in [0.25, 0.3) is 6.43 Å².